The monoisotopic (exact) mass is 524 g/mol. The van der Waals surface area contributed by atoms with Crippen LogP contribution in [0.3, 0.4) is 0 Å². The van der Waals surface area contributed by atoms with Crippen LogP contribution in [0.1, 0.15) is 100 Å². The molecule has 0 atom stereocenters. The molecular formula is C36H50N3+. The van der Waals surface area contributed by atoms with E-state index < -0.39 is 0 Å². The van der Waals surface area contributed by atoms with E-state index in [-0.39, 0.29) is 0 Å². The molecule has 0 radical (unpaired) electrons. The van der Waals surface area contributed by atoms with E-state index in [0.29, 0.717) is 0 Å². The zero-order chi connectivity index (χ0) is 27.1. The first-order valence-electron chi connectivity index (χ1n) is 15.5. The van der Waals surface area contributed by atoms with Crippen LogP contribution < -0.4 is 4.57 Å². The van der Waals surface area contributed by atoms with E-state index in [0.717, 1.165) is 25.8 Å². The van der Waals surface area contributed by atoms with Crippen molar-refractivity contribution in [1.82, 2.24) is 9.97 Å². The molecule has 0 aromatic carbocycles. The molecule has 3 aromatic rings. The quantitative estimate of drug-likeness (QED) is 0.0790. The van der Waals surface area contributed by atoms with Gasteiger partial charge in [0, 0.05) is 42.8 Å². The lowest BCUT2D eigenvalue weighted by Gasteiger charge is -2.03. The van der Waals surface area contributed by atoms with E-state index >= 15 is 0 Å². The van der Waals surface area contributed by atoms with E-state index in [1.54, 1.807) is 0 Å². The molecule has 0 saturated heterocycles. The zero-order valence-corrected chi connectivity index (χ0v) is 24.1. The molecule has 0 N–H and O–H groups in total. The lowest BCUT2D eigenvalue weighted by atomic mass is 10.1. The maximum absolute atomic E-state index is 4.18. The van der Waals surface area contributed by atoms with E-state index in [9.17, 15) is 0 Å². The highest BCUT2D eigenvalue weighted by molar-refractivity contribution is 5.12. The van der Waals surface area contributed by atoms with Crippen LogP contribution in [-0.2, 0) is 25.8 Å². The maximum atomic E-state index is 4.18. The number of nitrogens with zero attached hydrogens (tertiary/aromatic N) is 3. The summed E-state index contributed by atoms with van der Waals surface area (Å²) in [7, 11) is 0. The van der Waals surface area contributed by atoms with Gasteiger partial charge < -0.3 is 0 Å². The fraction of sp³-hybridized carbons (Fsp3) is 0.472. The van der Waals surface area contributed by atoms with Gasteiger partial charge in [0.05, 0.1) is 0 Å². The number of pyridine rings is 3. The Morgan fingerprint density at radius 1 is 0.538 bits per heavy atom. The van der Waals surface area contributed by atoms with Crippen molar-refractivity contribution < 1.29 is 4.57 Å². The highest BCUT2D eigenvalue weighted by Crippen LogP contribution is 2.10. The van der Waals surface area contributed by atoms with Gasteiger partial charge >= 0.3 is 0 Å². The summed E-state index contributed by atoms with van der Waals surface area (Å²) >= 11 is 0. The molecule has 208 valence electrons. The molecule has 0 bridgehead atoms. The summed E-state index contributed by atoms with van der Waals surface area (Å²) in [5.74, 6) is 0. The molecule has 0 aliphatic rings. The van der Waals surface area contributed by atoms with Gasteiger partial charge in [0.15, 0.2) is 12.4 Å². The van der Waals surface area contributed by atoms with Gasteiger partial charge in [0.1, 0.15) is 6.54 Å². The van der Waals surface area contributed by atoms with Gasteiger partial charge in [-0.1, -0.05) is 68.5 Å². The van der Waals surface area contributed by atoms with Crippen LogP contribution >= 0.6 is 0 Å². The third-order valence-electron chi connectivity index (χ3n) is 7.27. The van der Waals surface area contributed by atoms with Crippen molar-refractivity contribution in [3.63, 3.8) is 0 Å². The average molecular weight is 525 g/mol. The van der Waals surface area contributed by atoms with Gasteiger partial charge in [-0.15, -0.1) is 0 Å². The molecular weight excluding hydrogens is 474 g/mol. The first-order chi connectivity index (χ1) is 19.4. The van der Waals surface area contributed by atoms with Crippen LogP contribution in [0.15, 0.2) is 97.9 Å². The van der Waals surface area contributed by atoms with Gasteiger partial charge in [-0.3, -0.25) is 9.97 Å². The Labute approximate surface area is 238 Å². The molecule has 3 heterocycles. The van der Waals surface area contributed by atoms with Crippen molar-refractivity contribution in [2.75, 3.05) is 0 Å². The smallest absolute Gasteiger partial charge is 0.171 e. The molecule has 0 amide bonds. The van der Waals surface area contributed by atoms with Gasteiger partial charge in [0.2, 0.25) is 0 Å². The van der Waals surface area contributed by atoms with E-state index in [2.05, 4.69) is 75.5 Å². The molecule has 0 fully saturated rings. The number of unbranched alkanes of at least 4 members (excludes halogenated alkanes) is 10. The highest BCUT2D eigenvalue weighted by atomic mass is 14.9. The summed E-state index contributed by atoms with van der Waals surface area (Å²) in [4.78, 5) is 8.35. The third-order valence-corrected chi connectivity index (χ3v) is 7.27. The predicted octanol–water partition coefficient (Wildman–Crippen LogP) is 8.98. The number of aryl methyl sites for hydroxylation is 3. The average Bonchev–Trinajstić information content (AvgIpc) is 2.98. The summed E-state index contributed by atoms with van der Waals surface area (Å²) in [5.41, 5.74) is 4.11. The minimum absolute atomic E-state index is 0.999. The predicted molar refractivity (Wildman–Crippen MR) is 165 cm³/mol. The standard InChI is InChI=1S/C36H50N3/c1(2-6-10-14-21-34-24-18-27-37-31-34)5-9-13-17-29-39-30-20-26-36(33-39)23-16-12-8-4-3-7-11-15-22-35-25-19-28-38-32-35/h7,10-11,14,18-20,24-28,30-33H,1-6,8-9,12-13,15-17,21-23,29H2/q+1/b11-7-,14-10+. The minimum Gasteiger partial charge on any atom is -0.264 e. The Morgan fingerprint density at radius 3 is 1.90 bits per heavy atom. The van der Waals surface area contributed by atoms with E-state index in [4.69, 9.17) is 0 Å². The van der Waals surface area contributed by atoms with Crippen LogP contribution in [0.2, 0.25) is 0 Å². The number of allylic oxidation sites excluding steroid dienone is 4. The summed E-state index contributed by atoms with van der Waals surface area (Å²) in [5, 5.41) is 0. The largest absolute Gasteiger partial charge is 0.264 e. The van der Waals surface area contributed by atoms with Gasteiger partial charge in [-0.2, -0.15) is 0 Å². The second-order valence-corrected chi connectivity index (χ2v) is 10.7. The van der Waals surface area contributed by atoms with Crippen LogP contribution in [0.5, 0.6) is 0 Å². The summed E-state index contributed by atoms with van der Waals surface area (Å²) in [6, 6.07) is 12.9. The normalized spacial score (nSPS) is 11.6. The van der Waals surface area contributed by atoms with Crippen molar-refractivity contribution in [2.45, 2.75) is 109 Å². The molecule has 39 heavy (non-hydrogen) atoms. The summed E-state index contributed by atoms with van der Waals surface area (Å²) < 4.78 is 2.40. The first kappa shape index (κ1) is 30.5. The van der Waals surface area contributed by atoms with Crippen molar-refractivity contribution in [3.8, 4) is 0 Å². The SMILES string of the molecule is C(=C/CCc1cccnc1)/CCCCCCc1ccc[n+](CCCCCCCC/C=C/Cc2cccnc2)c1. The van der Waals surface area contributed by atoms with Crippen LogP contribution in [0.4, 0.5) is 0 Å². The molecule has 3 rings (SSSR count). The van der Waals surface area contributed by atoms with Crippen molar-refractivity contribution in [2.24, 2.45) is 0 Å². The number of hydrogen-bond acceptors (Lipinski definition) is 2. The molecule has 0 aliphatic carbocycles. The lowest BCUT2D eigenvalue weighted by molar-refractivity contribution is -0.697. The third kappa shape index (κ3) is 15.2. The second kappa shape index (κ2) is 20.8. The first-order valence-corrected chi connectivity index (χ1v) is 15.5. The Hall–Kier alpha value is -3.07. The van der Waals surface area contributed by atoms with Crippen molar-refractivity contribution in [3.05, 3.63) is 115 Å². The highest BCUT2D eigenvalue weighted by Gasteiger charge is 2.03. The van der Waals surface area contributed by atoms with Gasteiger partial charge in [-0.05, 0) is 93.5 Å². The van der Waals surface area contributed by atoms with Crippen LogP contribution in [0, 0.1) is 0 Å². The molecule has 0 aliphatic heterocycles. The zero-order valence-electron chi connectivity index (χ0n) is 24.1. The van der Waals surface area contributed by atoms with E-state index in [1.165, 1.54) is 100 Å². The maximum Gasteiger partial charge on any atom is 0.171 e. The lowest BCUT2D eigenvalue weighted by Crippen LogP contribution is -2.33. The number of rotatable bonds is 21. The minimum atomic E-state index is 0.999. The van der Waals surface area contributed by atoms with Crippen LogP contribution in [-0.4, -0.2) is 9.97 Å². The van der Waals surface area contributed by atoms with Crippen molar-refractivity contribution >= 4 is 0 Å². The Kier molecular flexibility index (Phi) is 16.3. The van der Waals surface area contributed by atoms with Gasteiger partial charge in [-0.25, -0.2) is 4.57 Å². The Bertz CT molecular complexity index is 1040. The number of aromatic nitrogens is 3. The molecule has 3 heteroatoms. The summed E-state index contributed by atoms with van der Waals surface area (Å²) in [6.45, 7) is 1.15. The fourth-order valence-corrected chi connectivity index (χ4v) is 4.96. The summed E-state index contributed by atoms with van der Waals surface area (Å²) in [6.07, 6.45) is 41.6. The molecule has 3 aromatic heterocycles. The second-order valence-electron chi connectivity index (χ2n) is 10.7. The fourth-order valence-electron chi connectivity index (χ4n) is 4.96. The molecule has 3 nitrogen and oxygen atoms in total. The van der Waals surface area contributed by atoms with E-state index in [1.807, 2.05) is 36.9 Å². The molecule has 0 unspecified atom stereocenters. The Morgan fingerprint density at radius 2 is 1.15 bits per heavy atom. The molecule has 0 saturated carbocycles. The topological polar surface area (TPSA) is 29.7 Å². The molecule has 0 spiro atoms. The Balaban J connectivity index is 1.12. The van der Waals surface area contributed by atoms with Crippen LogP contribution in [0.25, 0.3) is 0 Å². The van der Waals surface area contributed by atoms with Crippen molar-refractivity contribution in [1.29, 1.82) is 0 Å². The number of hydrogen-bond donors (Lipinski definition) is 0. The van der Waals surface area contributed by atoms with Gasteiger partial charge in [0.25, 0.3) is 0 Å².